The summed E-state index contributed by atoms with van der Waals surface area (Å²) in [5.41, 5.74) is 1.84. The predicted octanol–water partition coefficient (Wildman–Crippen LogP) is 9.62. The number of fused-ring (bicyclic) bond motifs is 1. The predicted molar refractivity (Wildman–Crippen MR) is 155 cm³/mol. The first-order chi connectivity index (χ1) is 17.8. The lowest BCUT2D eigenvalue weighted by atomic mass is 10.1. The highest BCUT2D eigenvalue weighted by atomic mass is 16.5. The second kappa shape index (κ2) is 20.2. The zero-order valence-corrected chi connectivity index (χ0v) is 23.6. The van der Waals surface area contributed by atoms with E-state index in [9.17, 15) is 4.79 Å². The van der Waals surface area contributed by atoms with Crippen LogP contribution in [0.25, 0.3) is 11.0 Å². The average Bonchev–Trinajstić information content (AvgIpc) is 2.89. The fraction of sp³-hybridized carbons (Fsp3) is 0.750. The number of hydrogen-bond donors (Lipinski definition) is 0. The molecule has 0 N–H and O–H groups in total. The van der Waals surface area contributed by atoms with Gasteiger partial charge in [0.2, 0.25) is 5.88 Å². The zero-order valence-electron chi connectivity index (χ0n) is 23.6. The number of pyridine rings is 2. The first kappa shape index (κ1) is 30.4. The summed E-state index contributed by atoms with van der Waals surface area (Å²) in [5.74, 6) is 0.669. The molecule has 204 valence electrons. The lowest BCUT2D eigenvalue weighted by molar-refractivity contribution is 0.294. The van der Waals surface area contributed by atoms with Crippen molar-refractivity contribution in [2.45, 2.75) is 149 Å². The Morgan fingerprint density at radius 2 is 1.11 bits per heavy atom. The summed E-state index contributed by atoms with van der Waals surface area (Å²) in [6, 6.07) is 7.42. The largest absolute Gasteiger partial charge is 0.478 e. The van der Waals surface area contributed by atoms with Gasteiger partial charge in [-0.3, -0.25) is 4.79 Å². The van der Waals surface area contributed by atoms with E-state index in [1.165, 1.54) is 116 Å². The zero-order chi connectivity index (χ0) is 25.7. The van der Waals surface area contributed by atoms with Crippen LogP contribution in [0.2, 0.25) is 0 Å². The van der Waals surface area contributed by atoms with Crippen LogP contribution in [-0.2, 0) is 6.54 Å². The summed E-state index contributed by atoms with van der Waals surface area (Å²) in [7, 11) is 0. The highest BCUT2D eigenvalue weighted by Crippen LogP contribution is 2.17. The molecule has 0 aliphatic carbocycles. The molecule has 0 atom stereocenters. The summed E-state index contributed by atoms with van der Waals surface area (Å²) >= 11 is 0. The number of aryl methyl sites for hydroxylation is 1. The Hall–Kier alpha value is -1.84. The molecule has 0 aliphatic rings. The van der Waals surface area contributed by atoms with Gasteiger partial charge in [0.25, 0.3) is 5.56 Å². The Morgan fingerprint density at radius 1 is 0.611 bits per heavy atom. The molecule has 0 unspecified atom stereocenters. The maximum absolute atomic E-state index is 12.5. The molecule has 0 aliphatic heterocycles. The summed E-state index contributed by atoms with van der Waals surface area (Å²) in [6.07, 6.45) is 26.2. The highest BCUT2D eigenvalue weighted by molar-refractivity contribution is 5.75. The monoisotopic (exact) mass is 498 g/mol. The van der Waals surface area contributed by atoms with Crippen molar-refractivity contribution in [1.82, 2.24) is 9.55 Å². The van der Waals surface area contributed by atoms with Gasteiger partial charge in [0, 0.05) is 18.7 Å². The summed E-state index contributed by atoms with van der Waals surface area (Å²) in [4.78, 5) is 17.2. The van der Waals surface area contributed by atoms with E-state index < -0.39 is 0 Å². The smallest absolute Gasteiger partial charge is 0.251 e. The number of unbranched alkanes of at least 4 members (excludes halogenated alkanes) is 18. The molecule has 0 radical (unpaired) electrons. The van der Waals surface area contributed by atoms with Gasteiger partial charge in [0.1, 0.15) is 0 Å². The molecule has 0 bridgehead atoms. The minimum absolute atomic E-state index is 0.0688. The molecule has 2 aromatic heterocycles. The van der Waals surface area contributed by atoms with E-state index in [1.54, 1.807) is 6.07 Å². The van der Waals surface area contributed by atoms with Crippen molar-refractivity contribution in [1.29, 1.82) is 0 Å². The van der Waals surface area contributed by atoms with Crippen molar-refractivity contribution in [3.8, 4) is 5.88 Å². The van der Waals surface area contributed by atoms with E-state index in [2.05, 4.69) is 18.8 Å². The van der Waals surface area contributed by atoms with Crippen LogP contribution in [0.1, 0.15) is 142 Å². The molecule has 0 aromatic carbocycles. The van der Waals surface area contributed by atoms with Gasteiger partial charge >= 0.3 is 0 Å². The molecule has 0 amide bonds. The number of hydrogen-bond acceptors (Lipinski definition) is 3. The molecule has 36 heavy (non-hydrogen) atoms. The lowest BCUT2D eigenvalue weighted by Crippen LogP contribution is -2.19. The minimum Gasteiger partial charge on any atom is -0.478 e. The van der Waals surface area contributed by atoms with E-state index in [0.29, 0.717) is 12.5 Å². The van der Waals surface area contributed by atoms with Crippen LogP contribution in [0.5, 0.6) is 5.88 Å². The molecule has 4 heteroatoms. The molecule has 2 rings (SSSR count). The molecular formula is C32H54N2O2. The summed E-state index contributed by atoms with van der Waals surface area (Å²) < 4.78 is 7.81. The third-order valence-electron chi connectivity index (χ3n) is 7.30. The van der Waals surface area contributed by atoms with Gasteiger partial charge in [0.05, 0.1) is 17.6 Å². The Kier molecular flexibility index (Phi) is 17.1. The van der Waals surface area contributed by atoms with E-state index in [0.717, 1.165) is 30.4 Å². The van der Waals surface area contributed by atoms with Crippen LogP contribution < -0.4 is 10.3 Å². The topological polar surface area (TPSA) is 44.1 Å². The van der Waals surface area contributed by atoms with E-state index in [1.807, 2.05) is 22.8 Å². The van der Waals surface area contributed by atoms with Gasteiger partial charge in [0.15, 0.2) is 0 Å². The van der Waals surface area contributed by atoms with Gasteiger partial charge in [-0.1, -0.05) is 129 Å². The quantitative estimate of drug-likeness (QED) is 0.143. The normalized spacial score (nSPS) is 11.4. The van der Waals surface area contributed by atoms with E-state index >= 15 is 0 Å². The van der Waals surface area contributed by atoms with Gasteiger partial charge < -0.3 is 9.30 Å². The minimum atomic E-state index is 0.0688. The fourth-order valence-electron chi connectivity index (χ4n) is 4.99. The molecule has 4 nitrogen and oxygen atoms in total. The Balaban J connectivity index is 1.64. The Bertz CT molecular complexity index is 861. The van der Waals surface area contributed by atoms with Gasteiger partial charge in [-0.15, -0.1) is 0 Å². The van der Waals surface area contributed by atoms with E-state index in [-0.39, 0.29) is 5.56 Å². The van der Waals surface area contributed by atoms with Crippen molar-refractivity contribution < 1.29 is 4.74 Å². The first-order valence-corrected chi connectivity index (χ1v) is 15.4. The van der Waals surface area contributed by atoms with Crippen LogP contribution in [-0.4, -0.2) is 16.2 Å². The molecule has 0 spiro atoms. The maximum Gasteiger partial charge on any atom is 0.251 e. The number of aromatic nitrogens is 2. The number of ether oxygens (including phenoxy) is 1. The van der Waals surface area contributed by atoms with Crippen molar-refractivity contribution in [2.75, 3.05) is 6.61 Å². The second-order valence-corrected chi connectivity index (χ2v) is 10.6. The van der Waals surface area contributed by atoms with Crippen LogP contribution in [0.15, 0.2) is 29.1 Å². The fourth-order valence-corrected chi connectivity index (χ4v) is 4.99. The second-order valence-electron chi connectivity index (χ2n) is 10.6. The van der Waals surface area contributed by atoms with Crippen molar-refractivity contribution in [2.24, 2.45) is 0 Å². The summed E-state index contributed by atoms with van der Waals surface area (Å²) in [6.45, 7) is 6.03. The first-order valence-electron chi connectivity index (χ1n) is 15.4. The maximum atomic E-state index is 12.5. The SMILES string of the molecule is CCCCCCCCCCCCOc1ccc2c(ccc(=O)n2CCCCCCCCCCCC)n1. The average molecular weight is 499 g/mol. The molecule has 0 fully saturated rings. The summed E-state index contributed by atoms with van der Waals surface area (Å²) in [5, 5.41) is 0. The van der Waals surface area contributed by atoms with Gasteiger partial charge in [-0.2, -0.15) is 0 Å². The third-order valence-corrected chi connectivity index (χ3v) is 7.30. The highest BCUT2D eigenvalue weighted by Gasteiger charge is 2.06. The van der Waals surface area contributed by atoms with Crippen LogP contribution in [0.3, 0.4) is 0 Å². The standard InChI is InChI=1S/C32H54N2O2/c1-3-5-7-9-11-13-15-17-19-21-27-34-30-24-25-31(33-29(30)23-26-32(34)35)36-28-22-20-18-16-14-12-10-8-6-4-2/h23-26H,3-22,27-28H2,1-2H3. The lowest BCUT2D eigenvalue weighted by Gasteiger charge is -2.11. The van der Waals surface area contributed by atoms with Crippen LogP contribution >= 0.6 is 0 Å². The van der Waals surface area contributed by atoms with Gasteiger partial charge in [-0.25, -0.2) is 4.98 Å². The third kappa shape index (κ3) is 12.9. The van der Waals surface area contributed by atoms with Crippen LogP contribution in [0.4, 0.5) is 0 Å². The Labute approximate surface area is 221 Å². The molecular weight excluding hydrogens is 444 g/mol. The molecule has 2 heterocycles. The molecule has 0 saturated heterocycles. The molecule has 2 aromatic rings. The van der Waals surface area contributed by atoms with Crippen molar-refractivity contribution in [3.63, 3.8) is 0 Å². The van der Waals surface area contributed by atoms with Crippen LogP contribution in [0, 0.1) is 0 Å². The van der Waals surface area contributed by atoms with E-state index in [4.69, 9.17) is 4.74 Å². The van der Waals surface area contributed by atoms with Crippen molar-refractivity contribution >= 4 is 11.0 Å². The Morgan fingerprint density at radius 3 is 1.67 bits per heavy atom. The van der Waals surface area contributed by atoms with Gasteiger partial charge in [-0.05, 0) is 25.0 Å². The molecule has 0 saturated carbocycles. The van der Waals surface area contributed by atoms with Crippen molar-refractivity contribution in [3.05, 3.63) is 34.6 Å². The number of rotatable bonds is 23. The number of nitrogens with zero attached hydrogens (tertiary/aromatic N) is 2.